The lowest BCUT2D eigenvalue weighted by molar-refractivity contribution is 0.0825. The van der Waals surface area contributed by atoms with E-state index in [1.165, 1.54) is 0 Å². The Morgan fingerprint density at radius 1 is 0.741 bits per heavy atom. The number of amides is 1. The summed E-state index contributed by atoms with van der Waals surface area (Å²) in [5.74, 6) is 0. The number of carbonyl (C=O) groups excluding carboxylic acids is 1. The van der Waals surface area contributed by atoms with Gasteiger partial charge in [0.1, 0.15) is 6.61 Å². The molecule has 0 fully saturated rings. The number of carbonyl (C=O) groups is 1. The molecule has 0 aliphatic rings. The predicted molar refractivity (Wildman–Crippen MR) is 90.5 cm³/mol. The Hall–Kier alpha value is -2.48. The topological polar surface area (TPSA) is 176 Å². The summed E-state index contributed by atoms with van der Waals surface area (Å²) in [7, 11) is 0. The van der Waals surface area contributed by atoms with E-state index in [2.05, 4.69) is 0 Å². The molecule has 4 N–H and O–H groups in total. The predicted octanol–water partition coefficient (Wildman–Crippen LogP) is -4.42. The highest BCUT2D eigenvalue weighted by molar-refractivity contribution is 5.67. The number of aromatic nitrogens is 3. The van der Waals surface area contributed by atoms with Crippen molar-refractivity contribution < 1.29 is 30.0 Å². The Bertz CT molecular complexity index is 732. The van der Waals surface area contributed by atoms with Gasteiger partial charge >= 0.3 is 23.2 Å². The van der Waals surface area contributed by atoms with Gasteiger partial charge in [0, 0.05) is 13.1 Å². The van der Waals surface area contributed by atoms with Gasteiger partial charge in [-0.3, -0.25) is 0 Å². The number of ether oxygens (including phenoxy) is 1. The summed E-state index contributed by atoms with van der Waals surface area (Å²) >= 11 is 0. The second kappa shape index (κ2) is 11.3. The number of rotatable bonds is 11. The van der Waals surface area contributed by atoms with Crippen LogP contribution >= 0.6 is 0 Å². The number of nitrogens with zero attached hydrogens (tertiary/aromatic N) is 4. The van der Waals surface area contributed by atoms with Crippen molar-refractivity contribution in [3.05, 3.63) is 31.5 Å². The first-order chi connectivity index (χ1) is 12.9. The Balaban J connectivity index is 3.03. The third-order valence-electron chi connectivity index (χ3n) is 3.57. The molecule has 1 amide bonds. The molecule has 154 valence electrons. The molecule has 13 heteroatoms. The van der Waals surface area contributed by atoms with Crippen LogP contribution in [0, 0.1) is 0 Å². The van der Waals surface area contributed by atoms with Crippen LogP contribution in [0.3, 0.4) is 0 Å². The summed E-state index contributed by atoms with van der Waals surface area (Å²) in [5, 5.41) is 35.8. The van der Waals surface area contributed by atoms with Crippen LogP contribution in [-0.2, 0) is 24.4 Å². The SMILES string of the molecule is O=C(OCCn1c(=O)n(CCO)c(=O)n(CCO)c1=O)N(CCO)CCO. The maximum absolute atomic E-state index is 12.3. The van der Waals surface area contributed by atoms with E-state index in [1.807, 2.05) is 0 Å². The smallest absolute Gasteiger partial charge is 0.409 e. The molecule has 0 spiro atoms. The summed E-state index contributed by atoms with van der Waals surface area (Å²) in [5.41, 5.74) is -2.92. The van der Waals surface area contributed by atoms with Gasteiger partial charge in [-0.25, -0.2) is 32.9 Å². The first-order valence-corrected chi connectivity index (χ1v) is 8.22. The van der Waals surface area contributed by atoms with Gasteiger partial charge in [-0.15, -0.1) is 0 Å². The van der Waals surface area contributed by atoms with Crippen molar-refractivity contribution in [2.24, 2.45) is 0 Å². The molecule has 13 nitrogen and oxygen atoms in total. The third-order valence-corrected chi connectivity index (χ3v) is 3.57. The van der Waals surface area contributed by atoms with Crippen molar-refractivity contribution in [3.8, 4) is 0 Å². The van der Waals surface area contributed by atoms with E-state index in [1.54, 1.807) is 0 Å². The molecule has 27 heavy (non-hydrogen) atoms. The van der Waals surface area contributed by atoms with Crippen LogP contribution in [0.2, 0.25) is 0 Å². The van der Waals surface area contributed by atoms with Crippen molar-refractivity contribution in [2.45, 2.75) is 19.6 Å². The summed E-state index contributed by atoms with van der Waals surface area (Å²) in [4.78, 5) is 49.6. The average Bonchev–Trinajstić information content (AvgIpc) is 2.64. The van der Waals surface area contributed by atoms with Gasteiger partial charge in [-0.1, -0.05) is 0 Å². The molecule has 0 saturated heterocycles. The van der Waals surface area contributed by atoms with Crippen LogP contribution in [-0.4, -0.2) is 91.2 Å². The van der Waals surface area contributed by atoms with Crippen molar-refractivity contribution in [3.63, 3.8) is 0 Å². The number of aliphatic hydroxyl groups excluding tert-OH is 4. The Morgan fingerprint density at radius 3 is 1.52 bits per heavy atom. The number of hydrogen-bond donors (Lipinski definition) is 4. The Kier molecular flexibility index (Phi) is 9.42. The molecule has 0 radical (unpaired) electrons. The summed E-state index contributed by atoms with van der Waals surface area (Å²) in [6.07, 6.45) is -0.856. The van der Waals surface area contributed by atoms with Crippen molar-refractivity contribution in [1.82, 2.24) is 18.6 Å². The van der Waals surface area contributed by atoms with Gasteiger partial charge in [0.25, 0.3) is 0 Å². The molecule has 0 unspecified atom stereocenters. The standard InChI is InChI=1S/C14H24N4O9/c19-6-1-15(2-7-20)14(26)27-10-5-18-12(24)16(3-8-21)11(23)17(4-9-22)13(18)25/h19-22H,1-10H2. The molecular weight excluding hydrogens is 368 g/mol. The molecular formula is C14H24N4O9. The van der Waals surface area contributed by atoms with E-state index >= 15 is 0 Å². The second-order valence-corrected chi connectivity index (χ2v) is 5.30. The Morgan fingerprint density at radius 2 is 1.15 bits per heavy atom. The van der Waals surface area contributed by atoms with Crippen LogP contribution in [0.1, 0.15) is 0 Å². The lowest BCUT2D eigenvalue weighted by atomic mass is 10.5. The summed E-state index contributed by atoms with van der Waals surface area (Å²) in [6, 6.07) is 0. The van der Waals surface area contributed by atoms with E-state index in [9.17, 15) is 19.2 Å². The molecule has 0 aliphatic heterocycles. The lowest BCUT2D eigenvalue weighted by Crippen LogP contribution is -2.55. The molecule has 1 heterocycles. The maximum atomic E-state index is 12.3. The van der Waals surface area contributed by atoms with Crippen LogP contribution in [0.5, 0.6) is 0 Å². The lowest BCUT2D eigenvalue weighted by Gasteiger charge is -2.20. The van der Waals surface area contributed by atoms with Gasteiger partial charge in [-0.05, 0) is 0 Å². The van der Waals surface area contributed by atoms with Crippen molar-refractivity contribution in [1.29, 1.82) is 0 Å². The first-order valence-electron chi connectivity index (χ1n) is 8.22. The fraction of sp³-hybridized carbons (Fsp3) is 0.714. The average molecular weight is 392 g/mol. The van der Waals surface area contributed by atoms with Crippen LogP contribution in [0.15, 0.2) is 14.4 Å². The zero-order valence-electron chi connectivity index (χ0n) is 14.7. The highest BCUT2D eigenvalue weighted by Crippen LogP contribution is 1.94. The highest BCUT2D eigenvalue weighted by Gasteiger charge is 2.17. The molecule has 0 aliphatic carbocycles. The van der Waals surface area contributed by atoms with Gasteiger partial charge in [0.05, 0.1) is 46.1 Å². The van der Waals surface area contributed by atoms with Gasteiger partial charge < -0.3 is 30.1 Å². The third kappa shape index (κ3) is 5.75. The first kappa shape index (κ1) is 22.6. The van der Waals surface area contributed by atoms with E-state index in [0.29, 0.717) is 13.7 Å². The van der Waals surface area contributed by atoms with Crippen molar-refractivity contribution in [2.75, 3.05) is 46.1 Å². The molecule has 0 saturated carbocycles. The van der Waals surface area contributed by atoms with Gasteiger partial charge in [0.15, 0.2) is 0 Å². The van der Waals surface area contributed by atoms with E-state index in [-0.39, 0.29) is 45.9 Å². The van der Waals surface area contributed by atoms with Crippen LogP contribution in [0.25, 0.3) is 0 Å². The number of hydrogen-bond acceptors (Lipinski definition) is 9. The zero-order valence-corrected chi connectivity index (χ0v) is 14.7. The van der Waals surface area contributed by atoms with E-state index < -0.39 is 43.0 Å². The second-order valence-electron chi connectivity index (χ2n) is 5.30. The monoisotopic (exact) mass is 392 g/mol. The quantitative estimate of drug-likeness (QED) is 0.289. The van der Waals surface area contributed by atoms with Crippen LogP contribution < -0.4 is 17.1 Å². The molecule has 1 rings (SSSR count). The van der Waals surface area contributed by atoms with E-state index in [0.717, 1.165) is 4.90 Å². The maximum Gasteiger partial charge on any atom is 0.409 e. The molecule has 0 atom stereocenters. The van der Waals surface area contributed by atoms with Crippen LogP contribution in [0.4, 0.5) is 4.79 Å². The van der Waals surface area contributed by atoms with E-state index in [4.69, 9.17) is 25.2 Å². The zero-order chi connectivity index (χ0) is 20.4. The van der Waals surface area contributed by atoms with Crippen molar-refractivity contribution >= 4 is 6.09 Å². The molecule has 1 aromatic rings. The normalized spacial score (nSPS) is 10.8. The molecule has 0 aromatic carbocycles. The molecule has 0 bridgehead atoms. The fourth-order valence-electron chi connectivity index (χ4n) is 2.31. The fourth-order valence-corrected chi connectivity index (χ4v) is 2.31. The number of aliphatic hydroxyl groups is 4. The highest BCUT2D eigenvalue weighted by atomic mass is 16.6. The van der Waals surface area contributed by atoms with Gasteiger partial charge in [-0.2, -0.15) is 0 Å². The minimum Gasteiger partial charge on any atom is -0.448 e. The molecule has 1 aromatic heterocycles. The minimum absolute atomic E-state index is 0.0655. The summed E-state index contributed by atoms with van der Waals surface area (Å²) in [6.45, 7) is -3.29. The summed E-state index contributed by atoms with van der Waals surface area (Å²) < 4.78 is 6.86. The largest absolute Gasteiger partial charge is 0.448 e. The minimum atomic E-state index is -0.980. The Labute approximate surface area is 152 Å². The van der Waals surface area contributed by atoms with Gasteiger partial charge in [0.2, 0.25) is 0 Å².